The molecule has 7 heteroatoms. The minimum Gasteiger partial charge on any atom is -0.337 e. The van der Waals surface area contributed by atoms with E-state index in [1.54, 1.807) is 29.2 Å². The Morgan fingerprint density at radius 3 is 3.05 bits per heavy atom. The molecule has 108 valence electrons. The van der Waals surface area contributed by atoms with E-state index in [0.717, 1.165) is 29.5 Å². The third-order valence-electron chi connectivity index (χ3n) is 3.82. The van der Waals surface area contributed by atoms with E-state index in [4.69, 9.17) is 4.52 Å². The zero-order valence-corrected chi connectivity index (χ0v) is 12.4. The first-order chi connectivity index (χ1) is 10.2. The number of aromatic nitrogens is 4. The van der Waals surface area contributed by atoms with E-state index >= 15 is 0 Å². The number of hydrogen-bond donors (Lipinski definition) is 0. The summed E-state index contributed by atoms with van der Waals surface area (Å²) < 4.78 is 6.64. The molecule has 0 N–H and O–H groups in total. The van der Waals surface area contributed by atoms with E-state index in [9.17, 15) is 4.79 Å². The lowest BCUT2D eigenvalue weighted by molar-refractivity contribution is 0.366. The number of fused-ring (bicyclic) bond motifs is 3. The average molecular weight is 302 g/mol. The summed E-state index contributed by atoms with van der Waals surface area (Å²) in [6, 6.07) is 0. The first-order valence-electron chi connectivity index (χ1n) is 7.01. The minimum atomic E-state index is -0.00440. The molecule has 3 aromatic heterocycles. The normalized spacial score (nSPS) is 14.5. The predicted octanol–water partition coefficient (Wildman–Crippen LogP) is 2.08. The lowest BCUT2D eigenvalue weighted by Crippen LogP contribution is -2.21. The van der Waals surface area contributed by atoms with Gasteiger partial charge in [-0.3, -0.25) is 9.36 Å². The van der Waals surface area contributed by atoms with Crippen LogP contribution in [0, 0.1) is 6.92 Å². The molecule has 0 atom stereocenters. The summed E-state index contributed by atoms with van der Waals surface area (Å²) in [4.78, 5) is 23.5. The Morgan fingerprint density at radius 2 is 2.24 bits per heavy atom. The van der Waals surface area contributed by atoms with Crippen LogP contribution in [-0.4, -0.2) is 19.7 Å². The highest BCUT2D eigenvalue weighted by molar-refractivity contribution is 7.18. The summed E-state index contributed by atoms with van der Waals surface area (Å²) in [6.07, 6.45) is 5.98. The first kappa shape index (κ1) is 12.7. The van der Waals surface area contributed by atoms with E-state index in [1.165, 1.54) is 16.9 Å². The molecule has 0 saturated carbocycles. The van der Waals surface area contributed by atoms with Gasteiger partial charge in [-0.1, -0.05) is 5.16 Å². The number of hydrogen-bond acceptors (Lipinski definition) is 6. The molecule has 1 aliphatic rings. The SMILES string of the molecule is Cc1noc(Cn2cnc3sc4c(c3c2=O)CCCC4)n1. The Morgan fingerprint density at radius 1 is 1.38 bits per heavy atom. The fourth-order valence-corrected chi connectivity index (χ4v) is 4.06. The van der Waals surface area contributed by atoms with Gasteiger partial charge < -0.3 is 4.52 Å². The van der Waals surface area contributed by atoms with Crippen molar-refractivity contribution in [2.24, 2.45) is 0 Å². The third kappa shape index (κ3) is 2.08. The zero-order chi connectivity index (χ0) is 14.4. The van der Waals surface area contributed by atoms with E-state index in [-0.39, 0.29) is 12.1 Å². The van der Waals surface area contributed by atoms with Gasteiger partial charge in [0.25, 0.3) is 5.56 Å². The van der Waals surface area contributed by atoms with Gasteiger partial charge in [0.2, 0.25) is 5.89 Å². The van der Waals surface area contributed by atoms with Crippen LogP contribution in [0.15, 0.2) is 15.6 Å². The molecule has 6 nitrogen and oxygen atoms in total. The molecule has 0 unspecified atom stereocenters. The van der Waals surface area contributed by atoms with Crippen molar-refractivity contribution >= 4 is 21.6 Å². The summed E-state index contributed by atoms with van der Waals surface area (Å²) in [5.74, 6) is 1.000. The topological polar surface area (TPSA) is 73.8 Å². The second-order valence-electron chi connectivity index (χ2n) is 5.30. The highest BCUT2D eigenvalue weighted by Gasteiger charge is 2.20. The summed E-state index contributed by atoms with van der Waals surface area (Å²) in [5, 5.41) is 4.53. The molecule has 0 spiro atoms. The standard InChI is InChI=1S/C14H14N4O2S/c1-8-16-11(20-17-8)6-18-7-15-13-12(14(18)19)9-4-2-3-5-10(9)21-13/h7H,2-6H2,1H3. The van der Waals surface area contributed by atoms with Crippen LogP contribution in [0.3, 0.4) is 0 Å². The fraction of sp³-hybridized carbons (Fsp3) is 0.429. The Bertz CT molecular complexity index is 877. The highest BCUT2D eigenvalue weighted by atomic mass is 32.1. The van der Waals surface area contributed by atoms with Crippen molar-refractivity contribution in [2.45, 2.75) is 39.2 Å². The molecular weight excluding hydrogens is 288 g/mol. The summed E-state index contributed by atoms with van der Waals surface area (Å²) in [6.45, 7) is 2.03. The van der Waals surface area contributed by atoms with Crippen molar-refractivity contribution in [1.29, 1.82) is 0 Å². The molecule has 3 heterocycles. The van der Waals surface area contributed by atoms with E-state index in [2.05, 4.69) is 15.1 Å². The second-order valence-corrected chi connectivity index (χ2v) is 6.39. The molecule has 4 rings (SSSR count). The first-order valence-corrected chi connectivity index (χ1v) is 7.83. The maximum Gasteiger partial charge on any atom is 0.262 e. The zero-order valence-electron chi connectivity index (χ0n) is 11.6. The molecule has 0 bridgehead atoms. The lowest BCUT2D eigenvalue weighted by Gasteiger charge is -2.10. The highest BCUT2D eigenvalue weighted by Crippen LogP contribution is 2.33. The molecule has 0 amide bonds. The van der Waals surface area contributed by atoms with Gasteiger partial charge in [-0.2, -0.15) is 4.98 Å². The van der Waals surface area contributed by atoms with Crippen LogP contribution >= 0.6 is 11.3 Å². The number of rotatable bonds is 2. The molecule has 0 fully saturated rings. The molecule has 1 aliphatic carbocycles. The van der Waals surface area contributed by atoms with Crippen LogP contribution in [0.25, 0.3) is 10.2 Å². The van der Waals surface area contributed by atoms with Gasteiger partial charge in [-0.05, 0) is 38.2 Å². The predicted molar refractivity (Wildman–Crippen MR) is 78.7 cm³/mol. The third-order valence-corrected chi connectivity index (χ3v) is 5.02. The second kappa shape index (κ2) is 4.77. The largest absolute Gasteiger partial charge is 0.337 e. The van der Waals surface area contributed by atoms with Gasteiger partial charge in [-0.25, -0.2) is 4.98 Å². The van der Waals surface area contributed by atoms with E-state index in [1.807, 2.05) is 0 Å². The van der Waals surface area contributed by atoms with Gasteiger partial charge in [0.1, 0.15) is 11.4 Å². The minimum absolute atomic E-state index is 0.00440. The summed E-state index contributed by atoms with van der Waals surface area (Å²) >= 11 is 1.66. The van der Waals surface area contributed by atoms with Gasteiger partial charge in [0.15, 0.2) is 5.82 Å². The quantitative estimate of drug-likeness (QED) is 0.724. The molecule has 0 aromatic carbocycles. The maximum atomic E-state index is 12.7. The number of thiophene rings is 1. The van der Waals surface area contributed by atoms with Crippen molar-refractivity contribution in [3.63, 3.8) is 0 Å². The van der Waals surface area contributed by atoms with Crippen molar-refractivity contribution in [3.05, 3.63) is 38.8 Å². The Balaban J connectivity index is 1.84. The number of aryl methyl sites for hydroxylation is 3. The number of nitrogens with zero attached hydrogens (tertiary/aromatic N) is 4. The van der Waals surface area contributed by atoms with Gasteiger partial charge in [0, 0.05) is 4.88 Å². The molecule has 0 saturated heterocycles. The lowest BCUT2D eigenvalue weighted by atomic mass is 9.97. The fourth-order valence-electron chi connectivity index (χ4n) is 2.84. The van der Waals surface area contributed by atoms with Crippen LogP contribution in [0.4, 0.5) is 0 Å². The van der Waals surface area contributed by atoms with E-state index < -0.39 is 0 Å². The van der Waals surface area contributed by atoms with Crippen LogP contribution < -0.4 is 5.56 Å². The molecule has 3 aromatic rings. The Kier molecular flexibility index (Phi) is 2.88. The van der Waals surface area contributed by atoms with Crippen molar-refractivity contribution in [3.8, 4) is 0 Å². The Labute approximate surface area is 124 Å². The molecule has 0 aliphatic heterocycles. The molecule has 0 radical (unpaired) electrons. The maximum absolute atomic E-state index is 12.7. The van der Waals surface area contributed by atoms with Crippen molar-refractivity contribution in [1.82, 2.24) is 19.7 Å². The van der Waals surface area contributed by atoms with Crippen LogP contribution in [0.1, 0.15) is 35.0 Å². The van der Waals surface area contributed by atoms with Crippen molar-refractivity contribution < 1.29 is 4.52 Å². The molecule has 21 heavy (non-hydrogen) atoms. The van der Waals surface area contributed by atoms with Crippen LogP contribution in [0.5, 0.6) is 0 Å². The van der Waals surface area contributed by atoms with Crippen LogP contribution in [-0.2, 0) is 19.4 Å². The Hall–Kier alpha value is -2.02. The smallest absolute Gasteiger partial charge is 0.262 e. The van der Waals surface area contributed by atoms with E-state index in [0.29, 0.717) is 11.7 Å². The van der Waals surface area contributed by atoms with Gasteiger partial charge >= 0.3 is 0 Å². The summed E-state index contributed by atoms with van der Waals surface area (Å²) in [5.41, 5.74) is 1.20. The van der Waals surface area contributed by atoms with Gasteiger partial charge in [-0.15, -0.1) is 11.3 Å². The van der Waals surface area contributed by atoms with Crippen LogP contribution in [0.2, 0.25) is 0 Å². The van der Waals surface area contributed by atoms with Gasteiger partial charge in [0.05, 0.1) is 11.7 Å². The van der Waals surface area contributed by atoms with Crippen molar-refractivity contribution in [2.75, 3.05) is 0 Å². The summed E-state index contributed by atoms with van der Waals surface area (Å²) in [7, 11) is 0. The monoisotopic (exact) mass is 302 g/mol. The molecular formula is C14H14N4O2S. The average Bonchev–Trinajstić information content (AvgIpc) is 3.05.